The largest absolute Gasteiger partial charge is 0.492 e. The van der Waals surface area contributed by atoms with Crippen molar-refractivity contribution in [2.75, 3.05) is 13.2 Å². The zero-order valence-corrected chi connectivity index (χ0v) is 19.8. The number of imide groups is 1. The predicted molar refractivity (Wildman–Crippen MR) is 132 cm³/mol. The molecule has 0 radical (unpaired) electrons. The van der Waals surface area contributed by atoms with E-state index in [1.54, 1.807) is 48.5 Å². The lowest BCUT2D eigenvalue weighted by molar-refractivity contribution is -0.123. The number of carbonyl (C=O) groups is 3. The summed E-state index contributed by atoms with van der Waals surface area (Å²) in [6, 6.07) is 20.7. The molecule has 1 heterocycles. The maximum absolute atomic E-state index is 12.8. The minimum Gasteiger partial charge on any atom is -0.492 e. The smallest absolute Gasteiger partial charge is 0.343 e. The van der Waals surface area contributed by atoms with Gasteiger partial charge in [0.25, 0.3) is 11.1 Å². The third-order valence-corrected chi connectivity index (χ3v) is 6.02. The predicted octanol–water partition coefficient (Wildman–Crippen LogP) is 5.98. The van der Waals surface area contributed by atoms with Gasteiger partial charge in [0.1, 0.15) is 18.1 Å². The molecule has 4 rings (SSSR count). The molecule has 0 unspecified atom stereocenters. The molecule has 34 heavy (non-hydrogen) atoms. The third kappa shape index (κ3) is 5.87. The molecule has 0 N–H and O–H groups in total. The molecule has 0 saturated carbocycles. The molecule has 1 aliphatic rings. The van der Waals surface area contributed by atoms with Gasteiger partial charge >= 0.3 is 5.97 Å². The highest BCUT2D eigenvalue weighted by Crippen LogP contribution is 2.32. The fourth-order valence-electron chi connectivity index (χ4n) is 3.25. The molecule has 1 aliphatic heterocycles. The number of rotatable bonds is 7. The van der Waals surface area contributed by atoms with Crippen LogP contribution in [-0.4, -0.2) is 35.2 Å². The normalized spacial score (nSPS) is 14.5. The maximum atomic E-state index is 12.8. The topological polar surface area (TPSA) is 72.9 Å². The van der Waals surface area contributed by atoms with Gasteiger partial charge in [0.15, 0.2) is 0 Å². The molecule has 0 spiro atoms. The van der Waals surface area contributed by atoms with Gasteiger partial charge in [-0.15, -0.1) is 0 Å². The molecule has 8 heteroatoms. The van der Waals surface area contributed by atoms with Gasteiger partial charge in [-0.2, -0.15) is 0 Å². The van der Waals surface area contributed by atoms with Crippen LogP contribution in [0.25, 0.3) is 6.08 Å². The van der Waals surface area contributed by atoms with E-state index in [4.69, 9.17) is 21.1 Å². The number of esters is 1. The molecular formula is C26H20ClNO5S. The lowest BCUT2D eigenvalue weighted by Crippen LogP contribution is -2.32. The van der Waals surface area contributed by atoms with E-state index >= 15 is 0 Å². The van der Waals surface area contributed by atoms with Crippen LogP contribution in [0, 0.1) is 6.92 Å². The second-order valence-corrected chi connectivity index (χ2v) is 8.90. The minimum atomic E-state index is -0.548. The zero-order chi connectivity index (χ0) is 24.1. The number of hydrogen-bond acceptors (Lipinski definition) is 6. The number of thioether (sulfide) groups is 1. The Morgan fingerprint density at radius 3 is 2.56 bits per heavy atom. The first-order valence-electron chi connectivity index (χ1n) is 10.4. The highest BCUT2D eigenvalue weighted by molar-refractivity contribution is 8.18. The van der Waals surface area contributed by atoms with Crippen LogP contribution in [0.3, 0.4) is 0 Å². The van der Waals surface area contributed by atoms with Gasteiger partial charge in [-0.1, -0.05) is 41.9 Å². The van der Waals surface area contributed by atoms with Crippen LogP contribution >= 0.6 is 23.4 Å². The number of carbonyl (C=O) groups excluding carboxylic acids is 3. The summed E-state index contributed by atoms with van der Waals surface area (Å²) in [7, 11) is 0. The van der Waals surface area contributed by atoms with Crippen LogP contribution in [0.15, 0.2) is 77.7 Å². The maximum Gasteiger partial charge on any atom is 0.343 e. The summed E-state index contributed by atoms with van der Waals surface area (Å²) in [5, 5.41) is 0.0795. The number of ether oxygens (including phenoxy) is 2. The number of aryl methyl sites for hydroxylation is 1. The summed E-state index contributed by atoms with van der Waals surface area (Å²) in [6.07, 6.45) is 1.60. The van der Waals surface area contributed by atoms with Crippen molar-refractivity contribution in [2.45, 2.75) is 6.92 Å². The van der Waals surface area contributed by atoms with E-state index in [2.05, 4.69) is 0 Å². The monoisotopic (exact) mass is 493 g/mol. The summed E-state index contributed by atoms with van der Waals surface area (Å²) in [6.45, 7) is 2.30. The Morgan fingerprint density at radius 1 is 1.00 bits per heavy atom. The van der Waals surface area contributed by atoms with E-state index in [0.717, 1.165) is 22.2 Å². The first kappa shape index (κ1) is 23.6. The SMILES string of the molecule is Cc1cccc(OCCN2C(=O)S/C(=C\c3cccc(OC(=O)c4cccc(Cl)c4)c3)C2=O)c1. The molecule has 3 aromatic carbocycles. The fourth-order valence-corrected chi connectivity index (χ4v) is 4.31. The minimum absolute atomic E-state index is 0.146. The van der Waals surface area contributed by atoms with E-state index in [0.29, 0.717) is 32.6 Å². The fraction of sp³-hybridized carbons (Fsp3) is 0.115. The first-order chi connectivity index (χ1) is 16.4. The number of nitrogens with zero attached hydrogens (tertiary/aromatic N) is 1. The second kappa shape index (κ2) is 10.6. The van der Waals surface area contributed by atoms with Crippen molar-refractivity contribution >= 4 is 46.6 Å². The van der Waals surface area contributed by atoms with Crippen LogP contribution in [-0.2, 0) is 4.79 Å². The van der Waals surface area contributed by atoms with E-state index in [1.165, 1.54) is 6.07 Å². The van der Waals surface area contributed by atoms with Crippen molar-refractivity contribution in [3.05, 3.63) is 99.4 Å². The Hall–Kier alpha value is -3.55. The summed E-state index contributed by atoms with van der Waals surface area (Å²) >= 11 is 6.79. The molecule has 1 saturated heterocycles. The molecule has 0 aromatic heterocycles. The molecule has 0 bridgehead atoms. The van der Waals surface area contributed by atoms with Crippen molar-refractivity contribution in [2.24, 2.45) is 0 Å². The summed E-state index contributed by atoms with van der Waals surface area (Å²) in [5.74, 6) is 0.0638. The van der Waals surface area contributed by atoms with Crippen molar-refractivity contribution in [1.29, 1.82) is 0 Å². The number of halogens is 1. The lowest BCUT2D eigenvalue weighted by atomic mass is 10.2. The Bertz CT molecular complexity index is 1290. The first-order valence-corrected chi connectivity index (χ1v) is 11.6. The molecule has 3 aromatic rings. The van der Waals surface area contributed by atoms with Crippen molar-refractivity contribution in [1.82, 2.24) is 4.90 Å². The van der Waals surface area contributed by atoms with Crippen LogP contribution in [0.2, 0.25) is 5.02 Å². The van der Waals surface area contributed by atoms with Gasteiger partial charge in [-0.25, -0.2) is 4.79 Å². The lowest BCUT2D eigenvalue weighted by Gasteiger charge is -2.13. The van der Waals surface area contributed by atoms with Crippen LogP contribution in [0.4, 0.5) is 4.79 Å². The van der Waals surface area contributed by atoms with Gasteiger partial charge in [-0.05, 0) is 78.4 Å². The number of benzene rings is 3. The Balaban J connectivity index is 1.40. The van der Waals surface area contributed by atoms with E-state index in [9.17, 15) is 14.4 Å². The van der Waals surface area contributed by atoms with Crippen molar-refractivity contribution in [3.8, 4) is 11.5 Å². The molecular weight excluding hydrogens is 474 g/mol. The Kier molecular flexibility index (Phi) is 7.35. The van der Waals surface area contributed by atoms with Gasteiger partial charge in [0.2, 0.25) is 0 Å². The molecule has 0 atom stereocenters. The summed E-state index contributed by atoms with van der Waals surface area (Å²) in [4.78, 5) is 38.9. The van der Waals surface area contributed by atoms with Gasteiger partial charge in [-0.3, -0.25) is 14.5 Å². The average Bonchev–Trinajstić information content (AvgIpc) is 3.06. The molecule has 2 amide bonds. The zero-order valence-electron chi connectivity index (χ0n) is 18.2. The van der Waals surface area contributed by atoms with Crippen LogP contribution in [0.1, 0.15) is 21.5 Å². The van der Waals surface area contributed by atoms with E-state index in [1.807, 2.05) is 31.2 Å². The summed E-state index contributed by atoms with van der Waals surface area (Å²) < 4.78 is 11.1. The Morgan fingerprint density at radius 2 is 1.76 bits per heavy atom. The van der Waals surface area contributed by atoms with Crippen LogP contribution in [0.5, 0.6) is 11.5 Å². The van der Waals surface area contributed by atoms with Crippen molar-refractivity contribution < 1.29 is 23.9 Å². The van der Waals surface area contributed by atoms with E-state index in [-0.39, 0.29) is 24.3 Å². The third-order valence-electron chi connectivity index (χ3n) is 4.87. The highest BCUT2D eigenvalue weighted by Gasteiger charge is 2.34. The van der Waals surface area contributed by atoms with Gasteiger partial charge in [0.05, 0.1) is 17.0 Å². The molecule has 1 fully saturated rings. The van der Waals surface area contributed by atoms with E-state index < -0.39 is 5.97 Å². The van der Waals surface area contributed by atoms with Gasteiger partial charge < -0.3 is 9.47 Å². The molecule has 6 nitrogen and oxygen atoms in total. The molecule has 0 aliphatic carbocycles. The number of hydrogen-bond donors (Lipinski definition) is 0. The summed E-state index contributed by atoms with van der Waals surface area (Å²) in [5.41, 5.74) is 2.01. The number of amides is 2. The standard InChI is InChI=1S/C26H20ClNO5S/c1-17-5-2-9-21(13-17)32-12-11-28-24(29)23(34-26(28)31)15-18-6-3-10-22(14-18)33-25(30)19-7-4-8-20(27)16-19/h2-10,13-16H,11-12H2,1H3/b23-15-. The Labute approximate surface area is 206 Å². The van der Waals surface area contributed by atoms with Crippen molar-refractivity contribution in [3.63, 3.8) is 0 Å². The molecule has 172 valence electrons. The average molecular weight is 494 g/mol. The van der Waals surface area contributed by atoms with Gasteiger partial charge in [0, 0.05) is 5.02 Å². The quantitative estimate of drug-likeness (QED) is 0.229. The second-order valence-electron chi connectivity index (χ2n) is 7.47. The van der Waals surface area contributed by atoms with Crippen LogP contribution < -0.4 is 9.47 Å². The highest BCUT2D eigenvalue weighted by atomic mass is 35.5.